The van der Waals surface area contributed by atoms with Gasteiger partial charge in [0.1, 0.15) is 11.3 Å². The van der Waals surface area contributed by atoms with Crippen LogP contribution in [-0.2, 0) is 11.0 Å². The molecule has 2 saturated heterocycles. The van der Waals surface area contributed by atoms with Gasteiger partial charge in [0.25, 0.3) is 0 Å². The molecular weight excluding hydrogens is 467 g/mol. The van der Waals surface area contributed by atoms with Crippen LogP contribution in [0.25, 0.3) is 10.8 Å². The molecule has 2 bridgehead atoms. The van der Waals surface area contributed by atoms with Crippen LogP contribution in [0.3, 0.4) is 0 Å². The topological polar surface area (TPSA) is 49.8 Å². The molecule has 1 N–H and O–H groups in total. The summed E-state index contributed by atoms with van der Waals surface area (Å²) < 4.78 is 48.8. The van der Waals surface area contributed by atoms with Crippen LogP contribution in [0.5, 0.6) is 5.75 Å². The van der Waals surface area contributed by atoms with Crippen molar-refractivity contribution >= 4 is 16.7 Å². The van der Waals surface area contributed by atoms with Crippen LogP contribution in [0, 0.1) is 11.8 Å². The van der Waals surface area contributed by atoms with E-state index in [0.717, 1.165) is 50.5 Å². The second kappa shape index (κ2) is 9.88. The number of nitrogens with zero attached hydrogens (tertiary/aromatic N) is 1. The Morgan fingerprint density at radius 1 is 1.06 bits per heavy atom. The number of ether oxygens (including phenoxy) is 1. The summed E-state index contributed by atoms with van der Waals surface area (Å²) in [5.41, 5.74) is 0.319. The lowest BCUT2D eigenvalue weighted by Crippen LogP contribution is -2.46. The molecule has 36 heavy (non-hydrogen) atoms. The van der Waals surface area contributed by atoms with Gasteiger partial charge in [-0.25, -0.2) is 0 Å². The summed E-state index contributed by atoms with van der Waals surface area (Å²) in [6, 6.07) is 9.08. The van der Waals surface area contributed by atoms with Gasteiger partial charge in [-0.1, -0.05) is 32.0 Å². The van der Waals surface area contributed by atoms with Crippen LogP contribution in [0.2, 0.25) is 0 Å². The molecule has 5 rings (SSSR count). The summed E-state index contributed by atoms with van der Waals surface area (Å²) in [5, 5.41) is 10.3. The third-order valence-electron chi connectivity index (χ3n) is 8.82. The molecule has 196 valence electrons. The van der Waals surface area contributed by atoms with Gasteiger partial charge in [0, 0.05) is 18.1 Å². The molecule has 3 fully saturated rings. The Hall–Kier alpha value is -2.28. The Morgan fingerprint density at radius 3 is 2.31 bits per heavy atom. The van der Waals surface area contributed by atoms with Gasteiger partial charge in [-0.05, 0) is 92.2 Å². The third kappa shape index (κ3) is 4.83. The summed E-state index contributed by atoms with van der Waals surface area (Å²) in [6.45, 7) is 4.27. The van der Waals surface area contributed by atoms with E-state index >= 15 is 0 Å². The normalized spacial score (nSPS) is 29.9. The highest BCUT2D eigenvalue weighted by atomic mass is 19.4. The number of rotatable bonds is 6. The van der Waals surface area contributed by atoms with Gasteiger partial charge < -0.3 is 9.84 Å². The number of aliphatic carboxylic acids is 1. The Balaban J connectivity index is 1.45. The number of hydrogen-bond acceptors (Lipinski definition) is 3. The van der Waals surface area contributed by atoms with Gasteiger partial charge in [0.2, 0.25) is 0 Å². The number of carboxylic acids is 1. The van der Waals surface area contributed by atoms with Crippen LogP contribution in [0.1, 0.15) is 88.8 Å². The first-order valence-corrected chi connectivity index (χ1v) is 13.5. The van der Waals surface area contributed by atoms with E-state index in [1.54, 1.807) is 12.1 Å². The Bertz CT molecular complexity index is 1090. The lowest BCUT2D eigenvalue weighted by molar-refractivity contribution is -0.145. The molecule has 4 nitrogen and oxygen atoms in total. The molecule has 1 aliphatic carbocycles. The summed E-state index contributed by atoms with van der Waals surface area (Å²) in [4.78, 5) is 14.0. The fraction of sp³-hybridized carbons (Fsp3) is 0.621. The van der Waals surface area contributed by atoms with Crippen LogP contribution in [0.15, 0.2) is 30.3 Å². The average molecular weight is 504 g/mol. The Morgan fingerprint density at radius 2 is 1.72 bits per heavy atom. The molecule has 2 unspecified atom stereocenters. The summed E-state index contributed by atoms with van der Waals surface area (Å²) >= 11 is 0. The molecule has 2 aliphatic heterocycles. The highest BCUT2D eigenvalue weighted by Gasteiger charge is 2.45. The molecule has 7 heteroatoms. The van der Waals surface area contributed by atoms with Crippen molar-refractivity contribution in [3.05, 3.63) is 41.5 Å². The van der Waals surface area contributed by atoms with Crippen LogP contribution in [-0.4, -0.2) is 34.2 Å². The van der Waals surface area contributed by atoms with Crippen molar-refractivity contribution in [2.45, 2.75) is 102 Å². The van der Waals surface area contributed by atoms with Gasteiger partial charge >= 0.3 is 12.1 Å². The Labute approximate surface area is 210 Å². The number of fused-ring (bicyclic) bond motifs is 3. The first-order valence-electron chi connectivity index (χ1n) is 13.5. The Kier molecular flexibility index (Phi) is 6.96. The number of benzene rings is 2. The SMILES string of the molecule is CC[C@@H](c1ccc2c(C(F)(F)F)c(OC3CCC(C)CC3)ccc2c1)N1C2CCC1CC(C(=O)O)C2. The fourth-order valence-corrected chi connectivity index (χ4v) is 7.00. The van der Waals surface area contributed by atoms with E-state index in [1.807, 2.05) is 12.1 Å². The maximum atomic E-state index is 14.3. The predicted molar refractivity (Wildman–Crippen MR) is 133 cm³/mol. The van der Waals surface area contributed by atoms with Gasteiger partial charge in [-0.3, -0.25) is 9.69 Å². The lowest BCUT2D eigenvalue weighted by Gasteiger charge is -2.42. The molecule has 3 aliphatic rings. The van der Waals surface area contributed by atoms with E-state index in [2.05, 4.69) is 18.7 Å². The van der Waals surface area contributed by atoms with Gasteiger partial charge in [0.05, 0.1) is 12.0 Å². The largest absolute Gasteiger partial charge is 0.490 e. The van der Waals surface area contributed by atoms with Crippen molar-refractivity contribution in [2.24, 2.45) is 11.8 Å². The maximum absolute atomic E-state index is 14.3. The molecule has 2 aromatic rings. The van der Waals surface area contributed by atoms with Gasteiger partial charge in [-0.2, -0.15) is 13.2 Å². The van der Waals surface area contributed by atoms with Crippen molar-refractivity contribution in [2.75, 3.05) is 0 Å². The van der Waals surface area contributed by atoms with Crippen LogP contribution in [0.4, 0.5) is 13.2 Å². The smallest absolute Gasteiger partial charge is 0.420 e. The number of carboxylic acid groups (broad SMARTS) is 1. The summed E-state index contributed by atoms with van der Waals surface area (Å²) in [7, 11) is 0. The number of halogens is 3. The molecular formula is C29H36F3NO3. The molecule has 3 atom stereocenters. The van der Waals surface area contributed by atoms with E-state index < -0.39 is 17.7 Å². The quantitative estimate of drug-likeness (QED) is 0.441. The lowest BCUT2D eigenvalue weighted by atomic mass is 9.87. The first-order chi connectivity index (χ1) is 17.2. The first kappa shape index (κ1) is 25.4. The van der Waals surface area contributed by atoms with E-state index in [-0.39, 0.29) is 41.3 Å². The van der Waals surface area contributed by atoms with Gasteiger partial charge in [0.15, 0.2) is 0 Å². The summed E-state index contributed by atoms with van der Waals surface area (Å²) in [5.74, 6) is -0.486. The van der Waals surface area contributed by atoms with Gasteiger partial charge in [-0.15, -0.1) is 0 Å². The van der Waals surface area contributed by atoms with E-state index in [1.165, 1.54) is 6.07 Å². The molecule has 0 amide bonds. The third-order valence-corrected chi connectivity index (χ3v) is 8.82. The summed E-state index contributed by atoms with van der Waals surface area (Å²) in [6.07, 6.45) is 2.93. The minimum atomic E-state index is -4.51. The second-order valence-corrected chi connectivity index (χ2v) is 11.2. The molecule has 0 aromatic heterocycles. The zero-order valence-corrected chi connectivity index (χ0v) is 21.1. The predicted octanol–water partition coefficient (Wildman–Crippen LogP) is 7.59. The number of alkyl halides is 3. The minimum absolute atomic E-state index is 0.0659. The van der Waals surface area contributed by atoms with Crippen molar-refractivity contribution in [3.8, 4) is 5.75 Å². The number of carbonyl (C=O) groups is 1. The average Bonchev–Trinajstić information content (AvgIpc) is 3.07. The number of hydrogen-bond donors (Lipinski definition) is 1. The minimum Gasteiger partial charge on any atom is -0.490 e. The molecule has 0 radical (unpaired) electrons. The molecule has 1 saturated carbocycles. The maximum Gasteiger partial charge on any atom is 0.420 e. The zero-order chi connectivity index (χ0) is 25.6. The van der Waals surface area contributed by atoms with E-state index in [4.69, 9.17) is 4.74 Å². The van der Waals surface area contributed by atoms with Crippen molar-refractivity contribution in [1.82, 2.24) is 4.90 Å². The zero-order valence-electron chi connectivity index (χ0n) is 21.1. The van der Waals surface area contributed by atoms with Crippen LogP contribution < -0.4 is 4.74 Å². The highest BCUT2D eigenvalue weighted by molar-refractivity contribution is 5.89. The highest BCUT2D eigenvalue weighted by Crippen LogP contribution is 2.47. The van der Waals surface area contributed by atoms with Crippen LogP contribution >= 0.6 is 0 Å². The monoisotopic (exact) mass is 503 g/mol. The second-order valence-electron chi connectivity index (χ2n) is 11.2. The van der Waals surface area contributed by atoms with E-state index in [0.29, 0.717) is 24.1 Å². The van der Waals surface area contributed by atoms with Crippen molar-refractivity contribution in [3.63, 3.8) is 0 Å². The molecule has 2 aromatic carbocycles. The van der Waals surface area contributed by atoms with Crippen molar-refractivity contribution < 1.29 is 27.8 Å². The standard InChI is InChI=1S/C29H36F3NO3/c1-3-25(33-21-8-9-22(33)16-20(15-21)28(34)35)19-6-12-24-18(14-19)7-13-26(27(24)29(30,31)32)36-23-10-4-17(2)5-11-23/h6-7,12-14,17,20-23,25H,3-5,8-11,15-16H2,1-2H3,(H,34,35)/t17?,20?,21?,22?,23?,25-/m0/s1. The fourth-order valence-electron chi connectivity index (χ4n) is 7.00. The molecule has 2 heterocycles. The van der Waals surface area contributed by atoms with Crippen molar-refractivity contribution in [1.29, 1.82) is 0 Å². The number of piperidine rings is 1. The van der Waals surface area contributed by atoms with E-state index in [9.17, 15) is 23.1 Å². The molecule has 0 spiro atoms.